The quantitative estimate of drug-likeness (QED) is 0.325. The van der Waals surface area contributed by atoms with Gasteiger partial charge in [-0.2, -0.15) is 0 Å². The third-order valence-corrected chi connectivity index (χ3v) is 6.73. The number of likely N-dealkylation sites (tertiary alicyclic amines) is 1. The van der Waals surface area contributed by atoms with Crippen molar-refractivity contribution in [3.63, 3.8) is 0 Å². The van der Waals surface area contributed by atoms with Gasteiger partial charge < -0.3 is 30.5 Å². The van der Waals surface area contributed by atoms with Gasteiger partial charge in [0.05, 0.1) is 22.7 Å². The fourth-order valence-electron chi connectivity index (χ4n) is 4.45. The Balaban J connectivity index is 1.60. The van der Waals surface area contributed by atoms with E-state index >= 15 is 0 Å². The third kappa shape index (κ3) is 6.66. The van der Waals surface area contributed by atoms with Crippen LogP contribution in [0.2, 0.25) is 5.02 Å². The molecule has 3 aromatic rings. The van der Waals surface area contributed by atoms with Crippen LogP contribution in [0.1, 0.15) is 47.7 Å². The van der Waals surface area contributed by atoms with Gasteiger partial charge in [0.15, 0.2) is 0 Å². The van der Waals surface area contributed by atoms with E-state index in [2.05, 4.69) is 44.7 Å². The number of carbonyl (C=O) groups excluding carboxylic acids is 3. The first-order valence-electron chi connectivity index (χ1n) is 12.6. The predicted molar refractivity (Wildman–Crippen MR) is 144 cm³/mol. The number of carbonyl (C=O) groups is 3. The van der Waals surface area contributed by atoms with Gasteiger partial charge in [0.25, 0.3) is 11.8 Å². The van der Waals surface area contributed by atoms with E-state index in [0.717, 1.165) is 25.9 Å². The van der Waals surface area contributed by atoms with Gasteiger partial charge in [-0.05, 0) is 57.0 Å². The summed E-state index contributed by atoms with van der Waals surface area (Å²) in [5.41, 5.74) is 1.25. The minimum Gasteiger partial charge on any atom is -0.395 e. The number of pyridine rings is 1. The molecule has 3 heterocycles. The molecule has 1 saturated heterocycles. The Morgan fingerprint density at radius 2 is 1.89 bits per heavy atom. The van der Waals surface area contributed by atoms with Crippen molar-refractivity contribution in [1.82, 2.24) is 30.1 Å². The van der Waals surface area contributed by atoms with Gasteiger partial charge >= 0.3 is 0 Å². The summed E-state index contributed by atoms with van der Waals surface area (Å²) < 4.78 is 1.50. The number of aliphatic hydroxyl groups is 1. The van der Waals surface area contributed by atoms with Crippen LogP contribution in [0, 0.1) is 0 Å². The highest BCUT2D eigenvalue weighted by atomic mass is 35.5. The predicted octanol–water partition coefficient (Wildman–Crippen LogP) is 2.05. The molecular weight excluding hydrogens is 510 g/mol. The van der Waals surface area contributed by atoms with Crippen molar-refractivity contribution in [3.8, 4) is 0 Å². The second-order valence-electron chi connectivity index (χ2n) is 9.49. The maximum atomic E-state index is 13.4. The van der Waals surface area contributed by atoms with Crippen molar-refractivity contribution >= 4 is 46.2 Å². The van der Waals surface area contributed by atoms with Gasteiger partial charge in [-0.25, -0.2) is 9.97 Å². The lowest BCUT2D eigenvalue weighted by Crippen LogP contribution is -2.47. The van der Waals surface area contributed by atoms with Gasteiger partial charge in [0, 0.05) is 43.5 Å². The molecule has 4 N–H and O–H groups in total. The fourth-order valence-corrected chi connectivity index (χ4v) is 4.57. The Bertz CT molecular complexity index is 1300. The standard InChI is InChI=1S/C26H32ClN7O4/c1-16(2)33-10-7-19(8-11-33)30-26(38)24-31-20-5-3-17(25(37)28-9-12-35)13-21(20)34(24)15-23(36)32-22-6-4-18(27)14-29-22/h3-6,13-14,16,19,35H,7-12,15H2,1-2H3,(H,28,37)(H,30,38)(H,29,32,36). The highest BCUT2D eigenvalue weighted by Crippen LogP contribution is 2.20. The summed E-state index contributed by atoms with van der Waals surface area (Å²) in [6, 6.07) is 8.44. The number of nitrogens with zero attached hydrogens (tertiary/aromatic N) is 4. The number of aliphatic hydroxyl groups excluding tert-OH is 1. The van der Waals surface area contributed by atoms with Gasteiger partial charge in [-0.15, -0.1) is 0 Å². The summed E-state index contributed by atoms with van der Waals surface area (Å²) in [4.78, 5) is 49.8. The number of piperidine rings is 1. The zero-order valence-electron chi connectivity index (χ0n) is 21.4. The Morgan fingerprint density at radius 3 is 2.55 bits per heavy atom. The molecule has 1 aliphatic heterocycles. The number of aromatic nitrogens is 3. The number of halogens is 1. The first-order chi connectivity index (χ1) is 18.2. The number of hydrogen-bond donors (Lipinski definition) is 4. The number of fused-ring (bicyclic) bond motifs is 1. The van der Waals surface area contributed by atoms with E-state index in [-0.39, 0.29) is 43.4 Å². The van der Waals surface area contributed by atoms with Crippen LogP contribution >= 0.6 is 11.6 Å². The monoisotopic (exact) mass is 541 g/mol. The molecule has 202 valence electrons. The average molecular weight is 542 g/mol. The Labute approximate surface area is 225 Å². The van der Waals surface area contributed by atoms with Gasteiger partial charge in [-0.1, -0.05) is 11.6 Å². The normalized spacial score (nSPS) is 14.6. The smallest absolute Gasteiger partial charge is 0.287 e. The molecule has 0 spiro atoms. The number of nitrogens with one attached hydrogen (secondary N) is 3. The zero-order valence-corrected chi connectivity index (χ0v) is 22.2. The summed E-state index contributed by atoms with van der Waals surface area (Å²) in [5, 5.41) is 17.8. The summed E-state index contributed by atoms with van der Waals surface area (Å²) in [7, 11) is 0. The van der Waals surface area contributed by atoms with E-state index in [1.54, 1.807) is 30.3 Å². The number of amides is 3. The first kappa shape index (κ1) is 27.5. The average Bonchev–Trinajstić information content (AvgIpc) is 3.26. The Hall–Kier alpha value is -3.54. The largest absolute Gasteiger partial charge is 0.395 e. The lowest BCUT2D eigenvalue weighted by atomic mass is 10.0. The van der Waals surface area contributed by atoms with E-state index in [1.807, 2.05) is 0 Å². The molecule has 1 aliphatic rings. The van der Waals surface area contributed by atoms with Crippen LogP contribution in [0.3, 0.4) is 0 Å². The topological polar surface area (TPSA) is 141 Å². The van der Waals surface area contributed by atoms with Crippen molar-refractivity contribution in [2.75, 3.05) is 31.6 Å². The second kappa shape index (κ2) is 12.3. The molecule has 4 rings (SSSR count). The minimum atomic E-state index is -0.423. The third-order valence-electron chi connectivity index (χ3n) is 6.50. The summed E-state index contributed by atoms with van der Waals surface area (Å²) in [6.07, 6.45) is 3.06. The minimum absolute atomic E-state index is 0.00215. The zero-order chi connectivity index (χ0) is 27.2. The van der Waals surface area contributed by atoms with Gasteiger partial charge in [0.2, 0.25) is 11.7 Å². The van der Waals surface area contributed by atoms with Crippen LogP contribution in [-0.4, -0.2) is 80.6 Å². The molecular formula is C26H32ClN7O4. The molecule has 0 radical (unpaired) electrons. The lowest BCUT2D eigenvalue weighted by Gasteiger charge is -2.34. The molecule has 0 bridgehead atoms. The molecule has 11 nitrogen and oxygen atoms in total. The van der Waals surface area contributed by atoms with Crippen LogP contribution in [0.15, 0.2) is 36.5 Å². The van der Waals surface area contributed by atoms with Gasteiger partial charge in [0.1, 0.15) is 12.4 Å². The number of anilines is 1. The summed E-state index contributed by atoms with van der Waals surface area (Å²) >= 11 is 5.88. The van der Waals surface area contributed by atoms with Crippen molar-refractivity contribution in [3.05, 3.63) is 52.9 Å². The fraction of sp³-hybridized carbons (Fsp3) is 0.423. The Kier molecular flexibility index (Phi) is 8.93. The molecule has 0 saturated carbocycles. The molecule has 0 atom stereocenters. The van der Waals surface area contributed by atoms with E-state index in [9.17, 15) is 14.4 Å². The highest BCUT2D eigenvalue weighted by Gasteiger charge is 2.26. The van der Waals surface area contributed by atoms with Gasteiger partial charge in [-0.3, -0.25) is 14.4 Å². The molecule has 2 aromatic heterocycles. The van der Waals surface area contributed by atoms with Crippen molar-refractivity contribution in [2.45, 2.75) is 45.3 Å². The van der Waals surface area contributed by atoms with E-state index in [0.29, 0.717) is 33.5 Å². The molecule has 1 fully saturated rings. The van der Waals surface area contributed by atoms with E-state index in [4.69, 9.17) is 16.7 Å². The molecule has 12 heteroatoms. The van der Waals surface area contributed by atoms with Crippen LogP contribution in [0.5, 0.6) is 0 Å². The number of rotatable bonds is 9. The molecule has 0 unspecified atom stereocenters. The van der Waals surface area contributed by atoms with Crippen LogP contribution in [-0.2, 0) is 11.3 Å². The first-order valence-corrected chi connectivity index (χ1v) is 13.0. The number of benzene rings is 1. The van der Waals surface area contributed by atoms with Crippen LogP contribution in [0.4, 0.5) is 5.82 Å². The van der Waals surface area contributed by atoms with Crippen molar-refractivity contribution < 1.29 is 19.5 Å². The SMILES string of the molecule is CC(C)N1CCC(NC(=O)c2nc3ccc(C(=O)NCCO)cc3n2CC(=O)Nc2ccc(Cl)cn2)CC1. The van der Waals surface area contributed by atoms with E-state index in [1.165, 1.54) is 10.8 Å². The van der Waals surface area contributed by atoms with Crippen LogP contribution < -0.4 is 16.0 Å². The summed E-state index contributed by atoms with van der Waals surface area (Å²) in [6.45, 7) is 5.79. The molecule has 0 aliphatic carbocycles. The Morgan fingerprint density at radius 1 is 1.13 bits per heavy atom. The molecule has 38 heavy (non-hydrogen) atoms. The van der Waals surface area contributed by atoms with E-state index < -0.39 is 5.91 Å². The number of hydrogen-bond acceptors (Lipinski definition) is 7. The summed E-state index contributed by atoms with van der Waals surface area (Å²) in [5.74, 6) is -0.790. The second-order valence-corrected chi connectivity index (χ2v) is 9.93. The van der Waals surface area contributed by atoms with Crippen LogP contribution in [0.25, 0.3) is 11.0 Å². The molecule has 1 aromatic carbocycles. The van der Waals surface area contributed by atoms with Crippen molar-refractivity contribution in [2.24, 2.45) is 0 Å². The maximum Gasteiger partial charge on any atom is 0.287 e. The van der Waals surface area contributed by atoms with Crippen molar-refractivity contribution in [1.29, 1.82) is 0 Å². The molecule has 3 amide bonds. The lowest BCUT2D eigenvalue weighted by molar-refractivity contribution is -0.116. The maximum absolute atomic E-state index is 13.4. The highest BCUT2D eigenvalue weighted by molar-refractivity contribution is 6.30. The number of imidazole rings is 1.